The zero-order valence-electron chi connectivity index (χ0n) is 23.9. The van der Waals surface area contributed by atoms with Crippen LogP contribution in [0.25, 0.3) is 0 Å². The molecule has 2 fully saturated rings. The lowest BCUT2D eigenvalue weighted by atomic mass is 9.84. The van der Waals surface area contributed by atoms with Gasteiger partial charge in [0.25, 0.3) is 0 Å². The molecule has 4 N–H and O–H groups in total. The first-order valence-corrected chi connectivity index (χ1v) is 15.0. The van der Waals surface area contributed by atoms with Gasteiger partial charge in [-0.05, 0) is 63.0 Å². The summed E-state index contributed by atoms with van der Waals surface area (Å²) in [6.07, 6.45) is 6.66. The number of ether oxygens (including phenoxy) is 2. The highest BCUT2D eigenvalue weighted by Crippen LogP contribution is 2.35. The number of aliphatic hydroxyl groups is 1. The number of carboxylic acid groups (broad SMARTS) is 1. The van der Waals surface area contributed by atoms with Crippen molar-refractivity contribution >= 4 is 23.5 Å². The monoisotopic (exact) mass is 579 g/mol. The Kier molecular flexibility index (Phi) is 9.91. The fraction of sp³-hybridized carbons (Fsp3) is 0.548. The molecule has 3 heterocycles. The van der Waals surface area contributed by atoms with Gasteiger partial charge < -0.3 is 35.2 Å². The molecular weight excluding hydrogens is 538 g/mol. The number of hydrogen-bond donors (Lipinski definition) is 3. The lowest BCUT2D eigenvalue weighted by Crippen LogP contribution is -2.50. The van der Waals surface area contributed by atoms with Crippen LogP contribution in [-0.4, -0.2) is 81.3 Å². The van der Waals surface area contributed by atoms with Gasteiger partial charge in [-0.3, -0.25) is 9.59 Å². The molecule has 1 aromatic carbocycles. The zero-order chi connectivity index (χ0) is 29.5. The second kappa shape index (κ2) is 14.0. The molecular formula is C31H41N5O6. The number of aliphatic hydroxyl groups excluding tert-OH is 1. The summed E-state index contributed by atoms with van der Waals surface area (Å²) in [6.45, 7) is 1.98. The highest BCUT2D eigenvalue weighted by molar-refractivity contribution is 5.84. The van der Waals surface area contributed by atoms with Crippen molar-refractivity contribution in [2.45, 2.75) is 70.0 Å². The molecule has 1 saturated heterocycles. The number of hydrogen-bond acceptors (Lipinski definition) is 9. The molecule has 0 bridgehead atoms. The summed E-state index contributed by atoms with van der Waals surface area (Å²) in [5.74, 6) is 0.711. The van der Waals surface area contributed by atoms with Gasteiger partial charge in [0.15, 0.2) is 5.96 Å². The van der Waals surface area contributed by atoms with Crippen LogP contribution in [-0.2, 0) is 20.9 Å². The molecule has 0 unspecified atom stereocenters. The largest absolute Gasteiger partial charge is 0.481 e. The molecule has 3 aliphatic rings. The van der Waals surface area contributed by atoms with Crippen LogP contribution in [0.2, 0.25) is 0 Å². The Morgan fingerprint density at radius 2 is 1.86 bits per heavy atom. The van der Waals surface area contributed by atoms with E-state index in [1.807, 2.05) is 36.4 Å². The number of carbonyl (C=O) groups excluding carboxylic acids is 1. The summed E-state index contributed by atoms with van der Waals surface area (Å²) in [7, 11) is 0. The smallest absolute Gasteiger partial charge is 0.306 e. The summed E-state index contributed by atoms with van der Waals surface area (Å²) in [6, 6.07) is 11.3. The molecule has 226 valence electrons. The van der Waals surface area contributed by atoms with Crippen molar-refractivity contribution in [2.75, 3.05) is 26.4 Å². The number of carbonyl (C=O) groups is 2. The van der Waals surface area contributed by atoms with Crippen LogP contribution in [0.4, 0.5) is 5.69 Å². The van der Waals surface area contributed by atoms with Crippen LogP contribution in [0.1, 0.15) is 56.9 Å². The van der Waals surface area contributed by atoms with Gasteiger partial charge in [-0.15, -0.1) is 0 Å². The Morgan fingerprint density at radius 3 is 2.55 bits per heavy atom. The second-order valence-electron chi connectivity index (χ2n) is 11.4. The number of nitrogens with zero attached hydrogens (tertiary/aromatic N) is 4. The highest BCUT2D eigenvalue weighted by atomic mass is 16.5. The average Bonchev–Trinajstić information content (AvgIpc) is 3.01. The van der Waals surface area contributed by atoms with Crippen LogP contribution >= 0.6 is 0 Å². The van der Waals surface area contributed by atoms with Crippen molar-refractivity contribution in [1.29, 1.82) is 0 Å². The van der Waals surface area contributed by atoms with Gasteiger partial charge in [0.2, 0.25) is 11.8 Å². The Bertz CT molecular complexity index is 1240. The quantitative estimate of drug-likeness (QED) is 0.362. The normalized spacial score (nSPS) is 21.6. The fourth-order valence-corrected chi connectivity index (χ4v) is 6.51. The summed E-state index contributed by atoms with van der Waals surface area (Å²) < 4.78 is 11.6. The standard InChI is InChI=1S/C31H41N5O6/c32-31-34-26-19-33-28(42-25-4-2-1-3-5-25)18-23(26)20-36(31)27(21-12-16-41-17-13-21)10-11-29(38)35(14-15-37)24-8-6-22(7-9-24)30(39)40/h1-5,18-19,21-22,24,27,37H,6-17,20H2,(H2,32,34)(H,39,40)/t22-,24+,27-/m0/s1. The number of para-hydroxylation sites is 1. The molecule has 2 aliphatic heterocycles. The lowest BCUT2D eigenvalue weighted by molar-refractivity contribution is -0.143. The number of carboxylic acids is 1. The lowest BCUT2D eigenvalue weighted by Gasteiger charge is -2.41. The number of aliphatic carboxylic acids is 1. The zero-order valence-corrected chi connectivity index (χ0v) is 23.9. The second-order valence-corrected chi connectivity index (χ2v) is 11.4. The summed E-state index contributed by atoms with van der Waals surface area (Å²) in [5.41, 5.74) is 8.20. The first kappa shape index (κ1) is 29.8. The number of aromatic nitrogens is 1. The predicted molar refractivity (Wildman–Crippen MR) is 156 cm³/mol. The fourth-order valence-electron chi connectivity index (χ4n) is 6.51. The van der Waals surface area contributed by atoms with E-state index in [1.165, 1.54) is 0 Å². The van der Waals surface area contributed by atoms with Crippen LogP contribution in [0.3, 0.4) is 0 Å². The molecule has 1 amide bonds. The number of aliphatic imine (C=N–C) groups is 1. The summed E-state index contributed by atoms with van der Waals surface area (Å²) in [5, 5.41) is 19.1. The van der Waals surface area contributed by atoms with E-state index in [-0.39, 0.29) is 43.0 Å². The molecule has 0 radical (unpaired) electrons. The van der Waals surface area contributed by atoms with Crippen molar-refractivity contribution in [3.05, 3.63) is 48.2 Å². The molecule has 11 nitrogen and oxygen atoms in total. The van der Waals surface area contributed by atoms with Gasteiger partial charge in [0.1, 0.15) is 5.75 Å². The third-order valence-corrected chi connectivity index (χ3v) is 8.79. The molecule has 1 aliphatic carbocycles. The van der Waals surface area contributed by atoms with Crippen LogP contribution < -0.4 is 10.5 Å². The minimum atomic E-state index is -0.773. The maximum atomic E-state index is 13.6. The third-order valence-electron chi connectivity index (χ3n) is 8.79. The van der Waals surface area contributed by atoms with E-state index in [2.05, 4.69) is 14.9 Å². The number of fused-ring (bicyclic) bond motifs is 1. The number of pyridine rings is 1. The van der Waals surface area contributed by atoms with Gasteiger partial charge in [0, 0.05) is 56.4 Å². The van der Waals surface area contributed by atoms with E-state index >= 15 is 0 Å². The molecule has 1 atom stereocenters. The Morgan fingerprint density at radius 1 is 1.12 bits per heavy atom. The van der Waals surface area contributed by atoms with Gasteiger partial charge in [0.05, 0.1) is 24.4 Å². The molecule has 1 saturated carbocycles. The van der Waals surface area contributed by atoms with Gasteiger partial charge in [-0.2, -0.15) is 0 Å². The van der Waals surface area contributed by atoms with E-state index in [1.54, 1.807) is 11.1 Å². The average molecular weight is 580 g/mol. The molecule has 0 spiro atoms. The maximum absolute atomic E-state index is 13.6. The first-order valence-electron chi connectivity index (χ1n) is 15.0. The third kappa shape index (κ3) is 7.19. The predicted octanol–water partition coefficient (Wildman–Crippen LogP) is 3.68. The van der Waals surface area contributed by atoms with Crippen LogP contribution in [0.15, 0.2) is 47.6 Å². The van der Waals surface area contributed by atoms with Gasteiger partial charge in [-0.1, -0.05) is 18.2 Å². The number of benzene rings is 1. The molecule has 5 rings (SSSR count). The summed E-state index contributed by atoms with van der Waals surface area (Å²) >= 11 is 0. The van der Waals surface area contributed by atoms with Gasteiger partial charge in [-0.25, -0.2) is 9.98 Å². The number of amides is 1. The number of guanidine groups is 1. The van der Waals surface area contributed by atoms with Crippen molar-refractivity contribution in [1.82, 2.24) is 14.8 Å². The molecule has 1 aromatic heterocycles. The van der Waals surface area contributed by atoms with E-state index in [0.29, 0.717) is 81.6 Å². The topological polar surface area (TPSA) is 151 Å². The maximum Gasteiger partial charge on any atom is 0.306 e. The van der Waals surface area contributed by atoms with Gasteiger partial charge >= 0.3 is 5.97 Å². The van der Waals surface area contributed by atoms with E-state index in [0.717, 1.165) is 18.4 Å². The van der Waals surface area contributed by atoms with Crippen molar-refractivity contribution < 1.29 is 29.3 Å². The molecule has 11 heteroatoms. The summed E-state index contributed by atoms with van der Waals surface area (Å²) in [4.78, 5) is 37.9. The Balaban J connectivity index is 1.30. The Hall–Kier alpha value is -3.70. The van der Waals surface area contributed by atoms with Crippen LogP contribution in [0, 0.1) is 11.8 Å². The van der Waals surface area contributed by atoms with E-state index < -0.39 is 5.97 Å². The van der Waals surface area contributed by atoms with Crippen LogP contribution in [0.5, 0.6) is 11.6 Å². The van der Waals surface area contributed by atoms with Crippen molar-refractivity contribution in [3.63, 3.8) is 0 Å². The molecule has 42 heavy (non-hydrogen) atoms. The highest BCUT2D eigenvalue weighted by Gasteiger charge is 2.35. The Labute approximate surface area is 246 Å². The first-order chi connectivity index (χ1) is 20.4. The number of rotatable bonds is 11. The minimum Gasteiger partial charge on any atom is -0.481 e. The molecule has 2 aromatic rings. The number of nitrogens with two attached hydrogens (primary N) is 1. The van der Waals surface area contributed by atoms with Crippen molar-refractivity contribution in [2.24, 2.45) is 22.6 Å². The van der Waals surface area contributed by atoms with E-state index in [9.17, 15) is 19.8 Å². The SMILES string of the molecule is NC1=Nc2cnc(Oc3ccccc3)cc2CN1[C@@H](CCC(=O)N(CCO)[C@H]1CC[C@@H](C(=O)O)CC1)C1CCOCC1. The minimum absolute atomic E-state index is 0.0180. The van der Waals surface area contributed by atoms with E-state index in [4.69, 9.17) is 15.2 Å². The van der Waals surface area contributed by atoms with Crippen molar-refractivity contribution in [3.8, 4) is 11.6 Å².